The van der Waals surface area contributed by atoms with Gasteiger partial charge < -0.3 is 9.64 Å². The van der Waals surface area contributed by atoms with Gasteiger partial charge in [-0.1, -0.05) is 23.5 Å². The molecule has 3 aliphatic rings. The van der Waals surface area contributed by atoms with Crippen LogP contribution in [-0.2, 0) is 4.74 Å². The molecule has 27 heavy (non-hydrogen) atoms. The second-order valence-corrected chi connectivity index (χ2v) is 9.47. The summed E-state index contributed by atoms with van der Waals surface area (Å²) in [5.41, 5.74) is 0. The standard InChI is InChI=1S/C20H31ClN4OS/c1-27-25-9-4-18(5-10-25)26-11-6-16-12-19(16)15-2-7-24(8-3-15)20-22-13-17(21)14-23-20/h13-16,18-19H,2-12H2,1H3. The average Bonchev–Trinajstić information content (AvgIpc) is 3.49. The molecule has 0 aromatic carbocycles. The Kier molecular flexibility index (Phi) is 6.79. The van der Waals surface area contributed by atoms with Crippen molar-refractivity contribution in [3.8, 4) is 0 Å². The molecule has 0 N–H and O–H groups in total. The van der Waals surface area contributed by atoms with Gasteiger partial charge in [0.05, 0.1) is 23.5 Å². The van der Waals surface area contributed by atoms with E-state index in [1.54, 1.807) is 12.4 Å². The lowest BCUT2D eigenvalue weighted by atomic mass is 9.90. The molecule has 0 amide bonds. The minimum absolute atomic E-state index is 0.494. The number of halogens is 1. The molecule has 0 radical (unpaired) electrons. The zero-order valence-electron chi connectivity index (χ0n) is 16.2. The number of rotatable bonds is 7. The van der Waals surface area contributed by atoms with Crippen LogP contribution in [0.5, 0.6) is 0 Å². The van der Waals surface area contributed by atoms with Gasteiger partial charge in [0, 0.05) is 32.8 Å². The second-order valence-electron chi connectivity index (χ2n) is 8.16. The molecule has 2 aliphatic heterocycles. The van der Waals surface area contributed by atoms with Crippen LogP contribution in [0.2, 0.25) is 5.02 Å². The lowest BCUT2D eigenvalue weighted by molar-refractivity contribution is 0.0187. The Morgan fingerprint density at radius 1 is 1.11 bits per heavy atom. The summed E-state index contributed by atoms with van der Waals surface area (Å²) in [5, 5.41) is 0.603. The summed E-state index contributed by atoms with van der Waals surface area (Å²) in [5.74, 6) is 3.54. The lowest BCUT2D eigenvalue weighted by Gasteiger charge is -2.32. The van der Waals surface area contributed by atoms with Crippen molar-refractivity contribution >= 4 is 29.5 Å². The molecule has 7 heteroatoms. The van der Waals surface area contributed by atoms with Crippen LogP contribution < -0.4 is 4.90 Å². The van der Waals surface area contributed by atoms with Crippen molar-refractivity contribution in [1.82, 2.24) is 14.3 Å². The maximum absolute atomic E-state index is 6.18. The molecule has 2 saturated heterocycles. The van der Waals surface area contributed by atoms with Gasteiger partial charge in [0.25, 0.3) is 0 Å². The fraction of sp³-hybridized carbons (Fsp3) is 0.800. The van der Waals surface area contributed by atoms with Gasteiger partial charge in [-0.2, -0.15) is 0 Å². The third kappa shape index (κ3) is 5.28. The van der Waals surface area contributed by atoms with E-state index in [4.69, 9.17) is 16.3 Å². The van der Waals surface area contributed by atoms with Crippen molar-refractivity contribution in [2.75, 3.05) is 43.9 Å². The highest BCUT2D eigenvalue weighted by Crippen LogP contribution is 2.49. The van der Waals surface area contributed by atoms with Crippen LogP contribution >= 0.6 is 23.5 Å². The molecule has 0 bridgehead atoms. The van der Waals surface area contributed by atoms with E-state index in [-0.39, 0.29) is 0 Å². The summed E-state index contributed by atoms with van der Waals surface area (Å²) in [4.78, 5) is 11.0. The van der Waals surface area contributed by atoms with E-state index in [0.717, 1.165) is 43.4 Å². The Balaban J connectivity index is 1.12. The van der Waals surface area contributed by atoms with E-state index in [2.05, 4.69) is 25.4 Å². The van der Waals surface area contributed by atoms with Gasteiger partial charge in [0.15, 0.2) is 0 Å². The van der Waals surface area contributed by atoms with Crippen LogP contribution in [0.3, 0.4) is 0 Å². The van der Waals surface area contributed by atoms with Gasteiger partial charge in [-0.3, -0.25) is 4.31 Å². The smallest absolute Gasteiger partial charge is 0.225 e. The molecule has 2 unspecified atom stereocenters. The summed E-state index contributed by atoms with van der Waals surface area (Å²) in [6.45, 7) is 5.45. The third-order valence-corrected chi connectivity index (χ3v) is 7.59. The summed E-state index contributed by atoms with van der Waals surface area (Å²) >= 11 is 7.75. The van der Waals surface area contributed by atoms with Gasteiger partial charge in [-0.25, -0.2) is 9.97 Å². The third-order valence-electron chi connectivity index (χ3n) is 6.51. The van der Waals surface area contributed by atoms with Crippen LogP contribution in [0.1, 0.15) is 38.5 Å². The van der Waals surface area contributed by atoms with E-state index in [1.165, 1.54) is 51.6 Å². The molecule has 1 saturated carbocycles. The average molecular weight is 411 g/mol. The van der Waals surface area contributed by atoms with E-state index in [1.807, 2.05) is 11.9 Å². The molecule has 4 rings (SSSR count). The number of hydrogen-bond donors (Lipinski definition) is 0. The fourth-order valence-corrected chi connectivity index (χ4v) is 5.42. The molecule has 3 heterocycles. The largest absolute Gasteiger partial charge is 0.378 e. The number of piperidine rings is 2. The molecule has 1 aromatic rings. The van der Waals surface area contributed by atoms with Crippen molar-refractivity contribution in [2.45, 2.75) is 44.6 Å². The number of aromatic nitrogens is 2. The molecule has 1 aromatic heterocycles. The molecular formula is C20H31ClN4OS. The van der Waals surface area contributed by atoms with Gasteiger partial charge in [-0.15, -0.1) is 0 Å². The van der Waals surface area contributed by atoms with Gasteiger partial charge in [0.1, 0.15) is 0 Å². The van der Waals surface area contributed by atoms with Crippen LogP contribution in [0.4, 0.5) is 5.95 Å². The Morgan fingerprint density at radius 3 is 2.48 bits per heavy atom. The predicted molar refractivity (Wildman–Crippen MR) is 112 cm³/mol. The zero-order valence-corrected chi connectivity index (χ0v) is 17.8. The fourth-order valence-electron chi connectivity index (χ4n) is 4.74. The molecule has 2 atom stereocenters. The van der Waals surface area contributed by atoms with Crippen molar-refractivity contribution in [3.63, 3.8) is 0 Å². The molecule has 3 fully saturated rings. The summed E-state index contributed by atoms with van der Waals surface area (Å²) in [6, 6.07) is 0. The first-order valence-corrected chi connectivity index (χ1v) is 11.9. The Bertz CT molecular complexity index is 588. The molecule has 1 aliphatic carbocycles. The van der Waals surface area contributed by atoms with Gasteiger partial charge >= 0.3 is 0 Å². The van der Waals surface area contributed by atoms with Crippen molar-refractivity contribution < 1.29 is 4.74 Å². The van der Waals surface area contributed by atoms with Crippen LogP contribution in [0.15, 0.2) is 12.4 Å². The minimum atomic E-state index is 0.494. The second kappa shape index (κ2) is 9.29. The maximum atomic E-state index is 6.18. The quantitative estimate of drug-likeness (QED) is 0.629. The lowest BCUT2D eigenvalue weighted by Crippen LogP contribution is -2.35. The SMILES string of the molecule is CSN1CCC(OCCC2CC2C2CCN(c3ncc(Cl)cn3)CC2)CC1. The molecule has 0 spiro atoms. The number of anilines is 1. The van der Waals surface area contributed by atoms with Crippen LogP contribution in [0, 0.1) is 17.8 Å². The van der Waals surface area contributed by atoms with Gasteiger partial charge in [0.2, 0.25) is 5.95 Å². The highest BCUT2D eigenvalue weighted by atomic mass is 35.5. The highest BCUT2D eigenvalue weighted by molar-refractivity contribution is 7.96. The summed E-state index contributed by atoms with van der Waals surface area (Å²) in [7, 11) is 0. The van der Waals surface area contributed by atoms with E-state index in [9.17, 15) is 0 Å². The molecule has 150 valence electrons. The zero-order chi connectivity index (χ0) is 18.6. The topological polar surface area (TPSA) is 41.5 Å². The van der Waals surface area contributed by atoms with Crippen LogP contribution in [-0.4, -0.2) is 59.4 Å². The van der Waals surface area contributed by atoms with Crippen molar-refractivity contribution in [1.29, 1.82) is 0 Å². The normalized spacial score (nSPS) is 27.9. The molecule has 5 nitrogen and oxygen atoms in total. The summed E-state index contributed by atoms with van der Waals surface area (Å²) < 4.78 is 8.62. The maximum Gasteiger partial charge on any atom is 0.225 e. The van der Waals surface area contributed by atoms with Crippen molar-refractivity contribution in [2.24, 2.45) is 17.8 Å². The minimum Gasteiger partial charge on any atom is -0.378 e. The Hall–Kier alpha value is -0.560. The first-order valence-electron chi connectivity index (χ1n) is 10.4. The van der Waals surface area contributed by atoms with Gasteiger partial charge in [-0.05, 0) is 62.5 Å². The first kappa shape index (κ1) is 19.7. The predicted octanol–water partition coefficient (Wildman–Crippen LogP) is 4.13. The first-order chi connectivity index (χ1) is 13.2. The Labute approximate surface area is 172 Å². The number of nitrogens with zero attached hydrogens (tertiary/aromatic N) is 4. The highest BCUT2D eigenvalue weighted by Gasteiger charge is 2.43. The van der Waals surface area contributed by atoms with Crippen LogP contribution in [0.25, 0.3) is 0 Å². The monoisotopic (exact) mass is 410 g/mol. The molecular weight excluding hydrogens is 380 g/mol. The van der Waals surface area contributed by atoms with Crippen molar-refractivity contribution in [3.05, 3.63) is 17.4 Å². The van der Waals surface area contributed by atoms with E-state index in [0.29, 0.717) is 11.1 Å². The Morgan fingerprint density at radius 2 is 1.81 bits per heavy atom. The number of hydrogen-bond acceptors (Lipinski definition) is 6. The van der Waals surface area contributed by atoms with E-state index < -0.39 is 0 Å². The van der Waals surface area contributed by atoms with E-state index >= 15 is 0 Å². The number of ether oxygens (including phenoxy) is 1. The summed E-state index contributed by atoms with van der Waals surface area (Å²) in [6.07, 6.45) is 13.6.